The van der Waals surface area contributed by atoms with Crippen molar-refractivity contribution < 1.29 is 17.6 Å². The Bertz CT molecular complexity index is 683. The van der Waals surface area contributed by atoms with E-state index >= 15 is 0 Å². The molecule has 0 saturated heterocycles. The van der Waals surface area contributed by atoms with Gasteiger partial charge in [-0.2, -0.15) is 0 Å². The Morgan fingerprint density at radius 1 is 0.952 bits per heavy atom. The zero-order valence-electron chi connectivity index (χ0n) is 11.5. The number of hydrogen-bond acceptors (Lipinski definition) is 0. The molecule has 0 aromatic heterocycles. The van der Waals surface area contributed by atoms with Gasteiger partial charge in [0, 0.05) is 5.56 Å². The smallest absolute Gasteiger partial charge is 0.162 e. The van der Waals surface area contributed by atoms with Crippen LogP contribution in [0.1, 0.15) is 34.6 Å². The van der Waals surface area contributed by atoms with E-state index in [9.17, 15) is 17.6 Å². The fraction of sp³-hybridized carbons (Fsp3) is 0.294. The molecule has 1 atom stereocenters. The Labute approximate surface area is 120 Å². The monoisotopic (exact) mass is 294 g/mol. The van der Waals surface area contributed by atoms with Gasteiger partial charge in [-0.25, -0.2) is 17.6 Å². The van der Waals surface area contributed by atoms with Crippen LogP contribution in [0.4, 0.5) is 17.6 Å². The average Bonchev–Trinajstić information content (AvgIpc) is 2.42. The van der Waals surface area contributed by atoms with E-state index in [1.165, 1.54) is 12.1 Å². The molecule has 0 bridgehead atoms. The summed E-state index contributed by atoms with van der Waals surface area (Å²) in [5, 5.41) is 0. The highest BCUT2D eigenvalue weighted by molar-refractivity contribution is 5.37. The van der Waals surface area contributed by atoms with E-state index in [1.807, 2.05) is 0 Å². The Balaban J connectivity index is 2.02. The Hall–Kier alpha value is -1.84. The van der Waals surface area contributed by atoms with Crippen LogP contribution in [-0.2, 0) is 12.8 Å². The van der Waals surface area contributed by atoms with Crippen molar-refractivity contribution in [3.63, 3.8) is 0 Å². The molecule has 3 rings (SSSR count). The van der Waals surface area contributed by atoms with Crippen molar-refractivity contribution in [2.24, 2.45) is 0 Å². The lowest BCUT2D eigenvalue weighted by molar-refractivity contribution is 0.457. The molecule has 1 aliphatic carbocycles. The van der Waals surface area contributed by atoms with Gasteiger partial charge in [-0.15, -0.1) is 0 Å². The van der Waals surface area contributed by atoms with Gasteiger partial charge in [0.1, 0.15) is 11.6 Å². The van der Waals surface area contributed by atoms with Crippen LogP contribution in [0, 0.1) is 30.2 Å². The van der Waals surface area contributed by atoms with Crippen LogP contribution in [0.3, 0.4) is 0 Å². The number of hydrogen-bond donors (Lipinski definition) is 0. The molecule has 0 aliphatic heterocycles. The molecule has 0 spiro atoms. The molecule has 0 fully saturated rings. The molecule has 4 heteroatoms. The molecule has 0 heterocycles. The molecule has 0 N–H and O–H groups in total. The molecule has 2 aromatic carbocycles. The minimum absolute atomic E-state index is 0.0186. The van der Waals surface area contributed by atoms with Gasteiger partial charge in [-0.05, 0) is 67.0 Å². The van der Waals surface area contributed by atoms with Gasteiger partial charge in [0.2, 0.25) is 0 Å². The van der Waals surface area contributed by atoms with Crippen LogP contribution < -0.4 is 0 Å². The lowest BCUT2D eigenvalue weighted by atomic mass is 9.79. The van der Waals surface area contributed by atoms with E-state index in [4.69, 9.17) is 0 Å². The summed E-state index contributed by atoms with van der Waals surface area (Å²) in [5.74, 6) is -3.51. The van der Waals surface area contributed by atoms with Gasteiger partial charge >= 0.3 is 0 Å². The second-order valence-corrected chi connectivity index (χ2v) is 5.58. The first kappa shape index (κ1) is 14.1. The van der Waals surface area contributed by atoms with Crippen molar-refractivity contribution in [1.29, 1.82) is 0 Å². The fourth-order valence-electron chi connectivity index (χ4n) is 3.11. The SMILES string of the molecule is Cc1cc(F)c(C2CCc3ccc(F)c(F)c3C2)c(F)c1. The molecule has 21 heavy (non-hydrogen) atoms. The highest BCUT2D eigenvalue weighted by Crippen LogP contribution is 2.37. The molecule has 0 saturated carbocycles. The van der Waals surface area contributed by atoms with E-state index in [2.05, 4.69) is 0 Å². The van der Waals surface area contributed by atoms with Crippen molar-refractivity contribution in [1.82, 2.24) is 0 Å². The van der Waals surface area contributed by atoms with Gasteiger partial charge in [0.25, 0.3) is 0 Å². The molecular formula is C17H14F4. The molecule has 0 amide bonds. The van der Waals surface area contributed by atoms with Crippen LogP contribution >= 0.6 is 0 Å². The summed E-state index contributed by atoms with van der Waals surface area (Å²) in [6.07, 6.45) is 1.13. The zero-order valence-corrected chi connectivity index (χ0v) is 11.5. The predicted molar refractivity (Wildman–Crippen MR) is 72.2 cm³/mol. The first-order valence-electron chi connectivity index (χ1n) is 6.88. The molecular weight excluding hydrogens is 280 g/mol. The molecule has 0 radical (unpaired) electrons. The van der Waals surface area contributed by atoms with Crippen molar-refractivity contribution in [3.8, 4) is 0 Å². The van der Waals surface area contributed by atoms with Crippen LogP contribution in [-0.4, -0.2) is 0 Å². The second kappa shape index (κ2) is 5.17. The molecule has 2 aromatic rings. The maximum atomic E-state index is 14.0. The summed E-state index contributed by atoms with van der Waals surface area (Å²) < 4.78 is 55.3. The number of benzene rings is 2. The topological polar surface area (TPSA) is 0 Å². The summed E-state index contributed by atoms with van der Waals surface area (Å²) >= 11 is 0. The second-order valence-electron chi connectivity index (χ2n) is 5.58. The number of rotatable bonds is 1. The van der Waals surface area contributed by atoms with E-state index in [-0.39, 0.29) is 17.5 Å². The number of aryl methyl sites for hydroxylation is 2. The summed E-state index contributed by atoms with van der Waals surface area (Å²) in [5.41, 5.74) is 1.45. The summed E-state index contributed by atoms with van der Waals surface area (Å²) in [7, 11) is 0. The first-order valence-corrected chi connectivity index (χ1v) is 6.88. The van der Waals surface area contributed by atoms with Crippen molar-refractivity contribution in [2.75, 3.05) is 0 Å². The van der Waals surface area contributed by atoms with Crippen molar-refractivity contribution >= 4 is 0 Å². The molecule has 1 aliphatic rings. The summed E-state index contributed by atoms with van der Waals surface area (Å²) in [6.45, 7) is 1.61. The molecule has 110 valence electrons. The largest absolute Gasteiger partial charge is 0.207 e. The third kappa shape index (κ3) is 2.43. The van der Waals surface area contributed by atoms with Crippen LogP contribution in [0.15, 0.2) is 24.3 Å². The Morgan fingerprint density at radius 3 is 2.29 bits per heavy atom. The summed E-state index contributed by atoms with van der Waals surface area (Å²) in [6, 6.07) is 5.19. The van der Waals surface area contributed by atoms with Gasteiger partial charge in [0.15, 0.2) is 11.6 Å². The maximum absolute atomic E-state index is 14.0. The van der Waals surface area contributed by atoms with E-state index < -0.39 is 29.2 Å². The summed E-state index contributed by atoms with van der Waals surface area (Å²) in [4.78, 5) is 0. The molecule has 0 nitrogen and oxygen atoms in total. The maximum Gasteiger partial charge on any atom is 0.162 e. The average molecular weight is 294 g/mol. The minimum Gasteiger partial charge on any atom is -0.207 e. The van der Waals surface area contributed by atoms with E-state index in [0.29, 0.717) is 18.4 Å². The van der Waals surface area contributed by atoms with Crippen molar-refractivity contribution in [3.05, 3.63) is 69.8 Å². The van der Waals surface area contributed by atoms with Crippen LogP contribution in [0.2, 0.25) is 0 Å². The van der Waals surface area contributed by atoms with Gasteiger partial charge in [0.05, 0.1) is 0 Å². The third-order valence-electron chi connectivity index (χ3n) is 4.14. The lowest BCUT2D eigenvalue weighted by Crippen LogP contribution is -2.17. The van der Waals surface area contributed by atoms with E-state index in [1.54, 1.807) is 13.0 Å². The Kier molecular flexibility index (Phi) is 3.47. The number of halogens is 4. The van der Waals surface area contributed by atoms with Crippen LogP contribution in [0.5, 0.6) is 0 Å². The lowest BCUT2D eigenvalue weighted by Gasteiger charge is -2.26. The fourth-order valence-corrected chi connectivity index (χ4v) is 3.11. The minimum atomic E-state index is -0.917. The standard InChI is InChI=1S/C17H14F4/c1-9-6-14(19)16(15(20)7-9)11-3-2-10-4-5-13(18)17(21)12(10)8-11/h4-7,11H,2-3,8H2,1H3. The first-order chi connectivity index (χ1) is 9.97. The van der Waals surface area contributed by atoms with Gasteiger partial charge < -0.3 is 0 Å². The normalized spacial score (nSPS) is 17.7. The highest BCUT2D eigenvalue weighted by Gasteiger charge is 2.28. The van der Waals surface area contributed by atoms with Gasteiger partial charge in [-0.1, -0.05) is 6.07 Å². The molecule has 1 unspecified atom stereocenters. The number of fused-ring (bicyclic) bond motifs is 1. The van der Waals surface area contributed by atoms with Crippen molar-refractivity contribution in [2.45, 2.75) is 32.1 Å². The third-order valence-corrected chi connectivity index (χ3v) is 4.14. The predicted octanol–water partition coefficient (Wildman–Crippen LogP) is 4.82. The zero-order chi connectivity index (χ0) is 15.1. The van der Waals surface area contributed by atoms with E-state index in [0.717, 1.165) is 11.6 Å². The van der Waals surface area contributed by atoms with Gasteiger partial charge in [-0.3, -0.25) is 0 Å². The highest BCUT2D eigenvalue weighted by atomic mass is 19.2. The Morgan fingerprint density at radius 2 is 1.62 bits per heavy atom. The quantitative estimate of drug-likeness (QED) is 0.661. The van der Waals surface area contributed by atoms with Crippen LogP contribution in [0.25, 0.3) is 0 Å².